The summed E-state index contributed by atoms with van der Waals surface area (Å²) in [5, 5.41) is 3.50. The van der Waals surface area contributed by atoms with Crippen LogP contribution >= 0.6 is 0 Å². The van der Waals surface area contributed by atoms with Gasteiger partial charge in [-0.15, -0.1) is 0 Å². The van der Waals surface area contributed by atoms with Gasteiger partial charge in [0.05, 0.1) is 0 Å². The van der Waals surface area contributed by atoms with Gasteiger partial charge in [-0.2, -0.15) is 0 Å². The van der Waals surface area contributed by atoms with Crippen LogP contribution in [0.2, 0.25) is 0 Å². The van der Waals surface area contributed by atoms with E-state index in [2.05, 4.69) is 145 Å². The highest BCUT2D eigenvalue weighted by Gasteiger charge is 2.12. The van der Waals surface area contributed by atoms with Crippen LogP contribution < -0.4 is 10.2 Å². The Morgan fingerprint density at radius 2 is 1.00 bits per heavy atom. The van der Waals surface area contributed by atoms with Gasteiger partial charge in [0.25, 0.3) is 0 Å². The molecular weight excluding hydrogens is 400 g/mol. The molecule has 0 saturated carbocycles. The van der Waals surface area contributed by atoms with Crippen LogP contribution in [0, 0.1) is 6.92 Å². The maximum atomic E-state index is 3.50. The van der Waals surface area contributed by atoms with Gasteiger partial charge in [0, 0.05) is 28.4 Å². The predicted molar refractivity (Wildman–Crippen MR) is 141 cm³/mol. The second-order valence-electron chi connectivity index (χ2n) is 8.13. The number of hydrogen-bond acceptors (Lipinski definition) is 2. The van der Waals surface area contributed by atoms with Crippen molar-refractivity contribution in [1.82, 2.24) is 0 Å². The van der Waals surface area contributed by atoms with E-state index in [1.165, 1.54) is 16.7 Å². The molecule has 0 heterocycles. The minimum atomic E-state index is 1.07. The molecule has 0 aliphatic carbocycles. The monoisotopic (exact) mass is 426 g/mol. The fraction of sp³-hybridized carbons (Fsp3) is 0.0323. The quantitative estimate of drug-likeness (QED) is 0.292. The molecule has 0 bridgehead atoms. The van der Waals surface area contributed by atoms with Gasteiger partial charge in [0.2, 0.25) is 0 Å². The number of benzene rings is 5. The van der Waals surface area contributed by atoms with Crippen LogP contribution in [-0.2, 0) is 0 Å². The van der Waals surface area contributed by atoms with E-state index in [1.54, 1.807) is 0 Å². The van der Waals surface area contributed by atoms with Crippen molar-refractivity contribution >= 4 is 28.4 Å². The maximum absolute atomic E-state index is 3.50. The van der Waals surface area contributed by atoms with Gasteiger partial charge in [-0.1, -0.05) is 72.8 Å². The molecule has 0 fully saturated rings. The van der Waals surface area contributed by atoms with Crippen molar-refractivity contribution in [2.75, 3.05) is 10.2 Å². The number of rotatable bonds is 6. The van der Waals surface area contributed by atoms with Crippen LogP contribution in [0.25, 0.3) is 11.1 Å². The Morgan fingerprint density at radius 1 is 0.455 bits per heavy atom. The smallest absolute Gasteiger partial charge is 0.0463 e. The highest BCUT2D eigenvalue weighted by molar-refractivity contribution is 5.79. The second kappa shape index (κ2) is 9.46. The third kappa shape index (κ3) is 4.81. The Hall–Kier alpha value is -4.30. The van der Waals surface area contributed by atoms with E-state index in [0.29, 0.717) is 0 Å². The van der Waals surface area contributed by atoms with E-state index in [-0.39, 0.29) is 0 Å². The molecule has 0 radical (unpaired) electrons. The van der Waals surface area contributed by atoms with Crippen LogP contribution in [0.3, 0.4) is 0 Å². The first-order valence-electron chi connectivity index (χ1n) is 11.2. The topological polar surface area (TPSA) is 15.3 Å². The summed E-state index contributed by atoms with van der Waals surface area (Å²) in [6.45, 7) is 2.11. The molecule has 160 valence electrons. The number of nitrogens with zero attached hydrogens (tertiary/aromatic N) is 1. The van der Waals surface area contributed by atoms with Crippen LogP contribution in [0.15, 0.2) is 133 Å². The Balaban J connectivity index is 1.46. The van der Waals surface area contributed by atoms with E-state index in [0.717, 1.165) is 28.4 Å². The summed E-state index contributed by atoms with van der Waals surface area (Å²) in [4.78, 5) is 2.28. The zero-order valence-corrected chi connectivity index (χ0v) is 18.6. The summed E-state index contributed by atoms with van der Waals surface area (Å²) in [6, 6.07) is 46.7. The standard InChI is InChI=1S/C31H26N2/c1-24-9-8-12-28(23-24)32-27-17-21-31(22-18-27)33(29-13-6-3-7-14-29)30-19-15-26(16-20-30)25-10-4-2-5-11-25/h2-23,32H,1H3. The van der Waals surface area contributed by atoms with Crippen LogP contribution in [0.1, 0.15) is 5.56 Å². The summed E-state index contributed by atoms with van der Waals surface area (Å²) < 4.78 is 0. The van der Waals surface area contributed by atoms with Crippen molar-refractivity contribution in [3.63, 3.8) is 0 Å². The summed E-state index contributed by atoms with van der Waals surface area (Å²) >= 11 is 0. The molecule has 2 nitrogen and oxygen atoms in total. The molecule has 0 amide bonds. The lowest BCUT2D eigenvalue weighted by molar-refractivity contribution is 1.28. The highest BCUT2D eigenvalue weighted by Crippen LogP contribution is 2.36. The van der Waals surface area contributed by atoms with Crippen LogP contribution in [-0.4, -0.2) is 0 Å². The second-order valence-corrected chi connectivity index (χ2v) is 8.13. The molecule has 0 atom stereocenters. The molecular formula is C31H26N2. The molecule has 5 aromatic carbocycles. The van der Waals surface area contributed by atoms with Gasteiger partial charge in [-0.05, 0) is 84.3 Å². The van der Waals surface area contributed by atoms with Gasteiger partial charge in [-0.3, -0.25) is 0 Å². The Kier molecular flexibility index (Phi) is 5.90. The number of anilines is 5. The van der Waals surface area contributed by atoms with Crippen molar-refractivity contribution in [3.8, 4) is 11.1 Å². The largest absolute Gasteiger partial charge is 0.356 e. The van der Waals surface area contributed by atoms with Crippen molar-refractivity contribution in [3.05, 3.63) is 139 Å². The first-order chi connectivity index (χ1) is 16.3. The number of para-hydroxylation sites is 1. The molecule has 0 aliphatic heterocycles. The van der Waals surface area contributed by atoms with Crippen molar-refractivity contribution in [1.29, 1.82) is 0 Å². The zero-order chi connectivity index (χ0) is 22.5. The zero-order valence-electron chi connectivity index (χ0n) is 18.6. The van der Waals surface area contributed by atoms with Crippen molar-refractivity contribution < 1.29 is 0 Å². The molecule has 5 aromatic rings. The first-order valence-corrected chi connectivity index (χ1v) is 11.2. The Labute approximate surface area is 195 Å². The lowest BCUT2D eigenvalue weighted by atomic mass is 10.0. The third-order valence-electron chi connectivity index (χ3n) is 5.68. The van der Waals surface area contributed by atoms with E-state index in [4.69, 9.17) is 0 Å². The fourth-order valence-corrected chi connectivity index (χ4v) is 4.04. The predicted octanol–water partition coefficient (Wildman–Crippen LogP) is 8.88. The number of hydrogen-bond donors (Lipinski definition) is 1. The maximum Gasteiger partial charge on any atom is 0.0463 e. The normalized spacial score (nSPS) is 10.6. The summed E-state index contributed by atoms with van der Waals surface area (Å²) in [5.41, 5.74) is 9.21. The average Bonchev–Trinajstić information content (AvgIpc) is 2.87. The summed E-state index contributed by atoms with van der Waals surface area (Å²) in [7, 11) is 0. The first kappa shape index (κ1) is 20.6. The Bertz CT molecular complexity index is 1310. The van der Waals surface area contributed by atoms with Gasteiger partial charge < -0.3 is 10.2 Å². The lowest BCUT2D eigenvalue weighted by Crippen LogP contribution is -2.09. The van der Waals surface area contributed by atoms with Gasteiger partial charge >= 0.3 is 0 Å². The van der Waals surface area contributed by atoms with Crippen LogP contribution in [0.5, 0.6) is 0 Å². The third-order valence-corrected chi connectivity index (χ3v) is 5.68. The minimum absolute atomic E-state index is 1.07. The van der Waals surface area contributed by atoms with Crippen molar-refractivity contribution in [2.24, 2.45) is 0 Å². The Morgan fingerprint density at radius 3 is 1.64 bits per heavy atom. The van der Waals surface area contributed by atoms with Gasteiger partial charge in [0.1, 0.15) is 0 Å². The summed E-state index contributed by atoms with van der Waals surface area (Å²) in [5.74, 6) is 0. The van der Waals surface area contributed by atoms with Gasteiger partial charge in [0.15, 0.2) is 0 Å². The molecule has 0 unspecified atom stereocenters. The van der Waals surface area contributed by atoms with E-state index < -0.39 is 0 Å². The molecule has 0 aromatic heterocycles. The number of aryl methyl sites for hydroxylation is 1. The van der Waals surface area contributed by atoms with E-state index in [1.807, 2.05) is 6.07 Å². The molecule has 1 N–H and O–H groups in total. The lowest BCUT2D eigenvalue weighted by Gasteiger charge is -2.26. The molecule has 2 heteroatoms. The number of nitrogens with one attached hydrogen (secondary N) is 1. The molecule has 5 rings (SSSR count). The van der Waals surface area contributed by atoms with E-state index >= 15 is 0 Å². The minimum Gasteiger partial charge on any atom is -0.356 e. The van der Waals surface area contributed by atoms with Crippen molar-refractivity contribution in [2.45, 2.75) is 6.92 Å². The van der Waals surface area contributed by atoms with E-state index in [9.17, 15) is 0 Å². The van der Waals surface area contributed by atoms with Crippen LogP contribution in [0.4, 0.5) is 28.4 Å². The summed E-state index contributed by atoms with van der Waals surface area (Å²) in [6.07, 6.45) is 0. The molecule has 0 saturated heterocycles. The highest BCUT2D eigenvalue weighted by atomic mass is 15.1. The SMILES string of the molecule is Cc1cccc(Nc2ccc(N(c3ccccc3)c3ccc(-c4ccccc4)cc3)cc2)c1. The average molecular weight is 427 g/mol. The van der Waals surface area contributed by atoms with Gasteiger partial charge in [-0.25, -0.2) is 0 Å². The molecule has 33 heavy (non-hydrogen) atoms. The molecule has 0 aliphatic rings. The fourth-order valence-electron chi connectivity index (χ4n) is 4.04. The molecule has 0 spiro atoms.